The average Bonchev–Trinajstić information content (AvgIpc) is 3.43. The molecule has 0 atom stereocenters. The van der Waals surface area contributed by atoms with Crippen molar-refractivity contribution in [1.29, 1.82) is 0 Å². The fraction of sp³-hybridized carbons (Fsp3) is 0.259. The second-order valence-corrected chi connectivity index (χ2v) is 8.58. The number of aryl methyl sites for hydroxylation is 1. The van der Waals surface area contributed by atoms with Crippen molar-refractivity contribution < 1.29 is 0 Å². The van der Waals surface area contributed by atoms with Crippen molar-refractivity contribution in [3.63, 3.8) is 0 Å². The normalized spacial score (nSPS) is 15.6. The number of rotatable bonds is 4. The summed E-state index contributed by atoms with van der Waals surface area (Å²) in [7, 11) is 0. The number of hydrogen-bond donors (Lipinski definition) is 2. The van der Waals surface area contributed by atoms with E-state index in [2.05, 4.69) is 68.1 Å². The molecule has 0 bridgehead atoms. The maximum absolute atomic E-state index is 4.67. The van der Waals surface area contributed by atoms with Gasteiger partial charge in [0.05, 0.1) is 11.0 Å². The minimum Gasteiger partial charge on any atom is -0.371 e. The van der Waals surface area contributed by atoms with E-state index in [9.17, 15) is 0 Å². The van der Waals surface area contributed by atoms with Gasteiger partial charge in [0.2, 0.25) is 0 Å². The molecule has 4 heterocycles. The second kappa shape index (κ2) is 8.50. The van der Waals surface area contributed by atoms with Crippen LogP contribution in [0.4, 0.5) is 5.69 Å². The van der Waals surface area contributed by atoms with Crippen LogP contribution in [-0.4, -0.2) is 33.3 Å². The predicted molar refractivity (Wildman–Crippen MR) is 134 cm³/mol. The average molecular weight is 424 g/mol. The van der Waals surface area contributed by atoms with Crippen LogP contribution in [0.1, 0.15) is 37.3 Å². The van der Waals surface area contributed by atoms with Gasteiger partial charge in [-0.25, -0.2) is 0 Å². The lowest BCUT2D eigenvalue weighted by atomic mass is 10.1. The quantitative estimate of drug-likeness (QED) is 0.506. The van der Waals surface area contributed by atoms with Gasteiger partial charge in [0.1, 0.15) is 5.69 Å². The highest BCUT2D eigenvalue weighted by atomic mass is 15.1. The molecule has 162 valence electrons. The number of piperidine rings is 1. The van der Waals surface area contributed by atoms with Crippen LogP contribution < -0.4 is 15.5 Å². The molecule has 0 amide bonds. The van der Waals surface area contributed by atoms with E-state index in [0.29, 0.717) is 0 Å². The number of nitrogens with zero attached hydrogens (tertiary/aromatic N) is 3. The molecule has 0 unspecified atom stereocenters. The van der Waals surface area contributed by atoms with Crippen molar-refractivity contribution in [3.05, 3.63) is 71.0 Å². The standard InChI is InChI=1S/C27H29N5/c1-4-23-22(14-19(3)20-13-18(2)16-28-17-20)27(31-30-23)25-15-21-24(29-25)9-8-10-26(21)32-11-6-5-7-12-32/h4,8-10,13-17,29-30H,3,5-7,11-12H2,1-2H3/b22-14+,23-4+. The summed E-state index contributed by atoms with van der Waals surface area (Å²) in [5.41, 5.74) is 7.41. The van der Waals surface area contributed by atoms with Gasteiger partial charge < -0.3 is 9.88 Å². The van der Waals surface area contributed by atoms with E-state index in [-0.39, 0.29) is 0 Å². The van der Waals surface area contributed by atoms with Gasteiger partial charge in [-0.2, -0.15) is 5.10 Å². The first-order chi connectivity index (χ1) is 15.6. The van der Waals surface area contributed by atoms with Crippen LogP contribution in [0.15, 0.2) is 49.3 Å². The Balaban J connectivity index is 1.62. The third-order valence-corrected chi connectivity index (χ3v) is 6.28. The summed E-state index contributed by atoms with van der Waals surface area (Å²) in [6.07, 6.45) is 11.7. The van der Waals surface area contributed by atoms with E-state index >= 15 is 0 Å². The first kappa shape index (κ1) is 20.3. The molecule has 5 heteroatoms. The molecule has 5 nitrogen and oxygen atoms in total. The summed E-state index contributed by atoms with van der Waals surface area (Å²) in [5, 5.41) is 11.1. The molecule has 0 aliphatic carbocycles. The zero-order valence-electron chi connectivity index (χ0n) is 18.8. The molecule has 1 fully saturated rings. The number of benzene rings is 1. The van der Waals surface area contributed by atoms with E-state index in [1.807, 2.05) is 32.3 Å². The first-order valence-corrected chi connectivity index (χ1v) is 11.3. The van der Waals surface area contributed by atoms with Gasteiger partial charge in [-0.05, 0) is 80.2 Å². The fourth-order valence-corrected chi connectivity index (χ4v) is 4.60. The SMILES string of the molecule is C=C(/C=c1/c(-c2cc3c(N4CCCCC4)cccc3[nH]2)n[nH]/c1=C/C)c1cncc(C)c1. The number of pyridine rings is 1. The van der Waals surface area contributed by atoms with Crippen molar-refractivity contribution in [2.24, 2.45) is 0 Å². The smallest absolute Gasteiger partial charge is 0.116 e. The molecule has 1 aliphatic rings. The Labute approximate surface area is 188 Å². The van der Waals surface area contributed by atoms with Gasteiger partial charge >= 0.3 is 0 Å². The Morgan fingerprint density at radius 1 is 1.12 bits per heavy atom. The third kappa shape index (κ3) is 3.75. The van der Waals surface area contributed by atoms with E-state index in [4.69, 9.17) is 0 Å². The van der Waals surface area contributed by atoms with Crippen LogP contribution in [0.3, 0.4) is 0 Å². The van der Waals surface area contributed by atoms with Gasteiger partial charge in [0.25, 0.3) is 0 Å². The number of anilines is 1. The largest absolute Gasteiger partial charge is 0.371 e. The molecule has 1 aliphatic heterocycles. The number of H-pyrrole nitrogens is 2. The maximum Gasteiger partial charge on any atom is 0.116 e. The topological polar surface area (TPSA) is 60.6 Å². The molecule has 1 saturated heterocycles. The summed E-state index contributed by atoms with van der Waals surface area (Å²) in [4.78, 5) is 10.4. The van der Waals surface area contributed by atoms with Crippen LogP contribution in [0.25, 0.3) is 40.0 Å². The van der Waals surface area contributed by atoms with Gasteiger partial charge in [-0.1, -0.05) is 18.7 Å². The van der Waals surface area contributed by atoms with Gasteiger partial charge in [-0.3, -0.25) is 10.1 Å². The maximum atomic E-state index is 4.67. The van der Waals surface area contributed by atoms with Gasteiger partial charge in [0.15, 0.2) is 0 Å². The summed E-state index contributed by atoms with van der Waals surface area (Å²) in [5.74, 6) is 0. The number of aromatic amines is 2. The fourth-order valence-electron chi connectivity index (χ4n) is 4.60. The zero-order valence-corrected chi connectivity index (χ0v) is 18.8. The van der Waals surface area contributed by atoms with Crippen LogP contribution in [0.2, 0.25) is 0 Å². The molecule has 0 spiro atoms. The summed E-state index contributed by atoms with van der Waals surface area (Å²) >= 11 is 0. The lowest BCUT2D eigenvalue weighted by molar-refractivity contribution is 0.579. The number of allylic oxidation sites excluding steroid dienone is 1. The molecule has 2 N–H and O–H groups in total. The highest BCUT2D eigenvalue weighted by molar-refractivity contribution is 5.96. The Morgan fingerprint density at radius 2 is 1.97 bits per heavy atom. The van der Waals surface area contributed by atoms with Crippen molar-refractivity contribution >= 4 is 34.3 Å². The predicted octanol–water partition coefficient (Wildman–Crippen LogP) is 4.55. The van der Waals surface area contributed by atoms with Crippen molar-refractivity contribution in [3.8, 4) is 11.4 Å². The monoisotopic (exact) mass is 423 g/mol. The number of fused-ring (bicyclic) bond motifs is 1. The Bertz CT molecular complexity index is 1400. The molecule has 5 rings (SSSR count). The molecular formula is C27H29N5. The summed E-state index contributed by atoms with van der Waals surface area (Å²) < 4.78 is 0. The minimum atomic E-state index is 0.903. The minimum absolute atomic E-state index is 0.903. The molecule has 4 aromatic rings. The van der Waals surface area contributed by atoms with Crippen molar-refractivity contribution in [2.45, 2.75) is 33.1 Å². The summed E-state index contributed by atoms with van der Waals surface area (Å²) in [6.45, 7) is 10.6. The number of hydrogen-bond acceptors (Lipinski definition) is 3. The zero-order chi connectivity index (χ0) is 22.1. The van der Waals surface area contributed by atoms with E-state index in [1.54, 1.807) is 0 Å². The number of nitrogens with one attached hydrogen (secondary N) is 2. The number of aromatic nitrogens is 4. The van der Waals surface area contributed by atoms with Crippen LogP contribution in [0, 0.1) is 6.92 Å². The van der Waals surface area contributed by atoms with Crippen LogP contribution in [-0.2, 0) is 0 Å². The molecular weight excluding hydrogens is 394 g/mol. The third-order valence-electron chi connectivity index (χ3n) is 6.28. The molecule has 0 saturated carbocycles. The molecule has 3 aromatic heterocycles. The molecule has 32 heavy (non-hydrogen) atoms. The lowest BCUT2D eigenvalue weighted by Gasteiger charge is -2.29. The van der Waals surface area contributed by atoms with Gasteiger partial charge in [-0.15, -0.1) is 0 Å². The Kier molecular flexibility index (Phi) is 5.39. The van der Waals surface area contributed by atoms with Gasteiger partial charge in [0, 0.05) is 47.3 Å². The van der Waals surface area contributed by atoms with E-state index < -0.39 is 0 Å². The van der Waals surface area contributed by atoms with E-state index in [1.165, 1.54) is 30.3 Å². The first-order valence-electron chi connectivity index (χ1n) is 11.3. The van der Waals surface area contributed by atoms with E-state index in [0.717, 1.165) is 57.3 Å². The molecule has 1 aromatic carbocycles. The lowest BCUT2D eigenvalue weighted by Crippen LogP contribution is -2.29. The highest BCUT2D eigenvalue weighted by Gasteiger charge is 2.16. The Morgan fingerprint density at radius 3 is 2.75 bits per heavy atom. The summed E-state index contributed by atoms with van der Waals surface area (Å²) in [6, 6.07) is 10.9. The Hall–Kier alpha value is -3.60. The molecule has 0 radical (unpaired) electrons. The van der Waals surface area contributed by atoms with Crippen LogP contribution in [0.5, 0.6) is 0 Å². The van der Waals surface area contributed by atoms with Crippen molar-refractivity contribution in [2.75, 3.05) is 18.0 Å². The van der Waals surface area contributed by atoms with Crippen molar-refractivity contribution in [1.82, 2.24) is 20.2 Å². The highest BCUT2D eigenvalue weighted by Crippen LogP contribution is 2.31. The van der Waals surface area contributed by atoms with Crippen LogP contribution >= 0.6 is 0 Å². The second-order valence-electron chi connectivity index (χ2n) is 8.58.